The van der Waals surface area contributed by atoms with E-state index in [9.17, 15) is 22.4 Å². The van der Waals surface area contributed by atoms with E-state index in [1.807, 2.05) is 18.2 Å². The van der Waals surface area contributed by atoms with Crippen LogP contribution in [0.5, 0.6) is 0 Å². The normalized spacial score (nSPS) is 23.0. The van der Waals surface area contributed by atoms with Gasteiger partial charge >= 0.3 is 6.09 Å². The number of likely N-dealkylation sites (tertiary alicyclic amines) is 2. The quantitative estimate of drug-likeness (QED) is 0.265. The van der Waals surface area contributed by atoms with E-state index >= 15 is 0 Å². The van der Waals surface area contributed by atoms with Crippen LogP contribution in [-0.2, 0) is 20.0 Å². The number of sulfone groups is 1. The van der Waals surface area contributed by atoms with E-state index in [1.165, 1.54) is 43.9 Å². The van der Waals surface area contributed by atoms with Crippen molar-refractivity contribution < 1.29 is 27.1 Å². The average Bonchev–Trinajstić information content (AvgIpc) is 3.58. The number of methoxy groups -OCH3 is 1. The molecule has 0 aromatic heterocycles. The standard InChI is InChI=1S/C40H50FN5O5S/c1-51-39(48)43-37-8-3-7-36(37)40(27-45-19-4-20-45,31-5-2-6-32(41)23-31)30-17-21-44(22-18-30)24-28-25-46(26-28)33-11-15-35(16-12-33)52(49,50)34-13-9-29(10-14-34)38(42)47/h2,5-6,9-16,23,28,30,36-37H,3-4,7-8,17-22,24-27H2,1H3,(H2,42,47)(H,43,48)/t36-,37-,40-/m0/s1. The van der Waals surface area contributed by atoms with Crippen molar-refractivity contribution in [2.45, 2.75) is 59.8 Å². The van der Waals surface area contributed by atoms with Crippen molar-refractivity contribution in [1.82, 2.24) is 15.1 Å². The molecule has 0 unspecified atom stereocenters. The predicted octanol–water partition coefficient (Wildman–Crippen LogP) is 5.07. The molecule has 52 heavy (non-hydrogen) atoms. The van der Waals surface area contributed by atoms with Gasteiger partial charge in [-0.2, -0.15) is 0 Å². The first-order chi connectivity index (χ1) is 25.1. The Hall–Kier alpha value is -4.00. The number of hydrogen-bond donors (Lipinski definition) is 2. The second-order valence-corrected chi connectivity index (χ2v) is 17.1. The molecule has 3 aliphatic heterocycles. The summed E-state index contributed by atoms with van der Waals surface area (Å²) < 4.78 is 46.4. The Kier molecular flexibility index (Phi) is 10.6. The zero-order chi connectivity index (χ0) is 36.5. The summed E-state index contributed by atoms with van der Waals surface area (Å²) in [6, 6.07) is 19.9. The summed E-state index contributed by atoms with van der Waals surface area (Å²) in [6.45, 7) is 7.77. The lowest BCUT2D eigenvalue weighted by atomic mass is 9.57. The zero-order valence-corrected chi connectivity index (χ0v) is 30.7. The van der Waals surface area contributed by atoms with Crippen molar-refractivity contribution >= 4 is 27.5 Å². The number of hydrogen-bond acceptors (Lipinski definition) is 8. The van der Waals surface area contributed by atoms with E-state index in [-0.39, 0.29) is 38.5 Å². The monoisotopic (exact) mass is 731 g/mol. The molecule has 3 aromatic carbocycles. The summed E-state index contributed by atoms with van der Waals surface area (Å²) in [5.74, 6) is 0.247. The molecule has 0 spiro atoms. The number of nitrogens with zero attached hydrogens (tertiary/aromatic N) is 3. The third-order valence-corrected chi connectivity index (χ3v) is 14.0. The van der Waals surface area contributed by atoms with Gasteiger partial charge in [0.05, 0.1) is 16.9 Å². The lowest BCUT2D eigenvalue weighted by molar-refractivity contribution is 0.0223. The minimum absolute atomic E-state index is 0.0139. The van der Waals surface area contributed by atoms with E-state index in [4.69, 9.17) is 10.5 Å². The van der Waals surface area contributed by atoms with Crippen LogP contribution in [0.4, 0.5) is 14.9 Å². The molecule has 4 fully saturated rings. The van der Waals surface area contributed by atoms with Crippen LogP contribution in [0.3, 0.4) is 0 Å². The lowest BCUT2D eigenvalue weighted by Gasteiger charge is -2.54. The molecule has 3 aromatic rings. The van der Waals surface area contributed by atoms with Gasteiger partial charge in [-0.05, 0) is 136 Å². The van der Waals surface area contributed by atoms with Gasteiger partial charge in [0.25, 0.3) is 0 Å². The number of rotatable bonds is 12. The number of nitrogens with one attached hydrogen (secondary N) is 1. The number of halogens is 1. The summed E-state index contributed by atoms with van der Waals surface area (Å²) in [5.41, 5.74) is 7.34. The number of benzene rings is 3. The van der Waals surface area contributed by atoms with Gasteiger partial charge in [-0.15, -0.1) is 0 Å². The Bertz CT molecular complexity index is 1840. The number of primary amides is 1. The molecule has 278 valence electrons. The highest BCUT2D eigenvalue weighted by molar-refractivity contribution is 7.91. The van der Waals surface area contributed by atoms with E-state index in [1.54, 1.807) is 18.2 Å². The van der Waals surface area contributed by atoms with E-state index in [2.05, 4.69) is 26.1 Å². The topological polar surface area (TPSA) is 125 Å². The summed E-state index contributed by atoms with van der Waals surface area (Å²) >= 11 is 0. The number of alkyl carbamates (subject to hydrolysis) is 1. The molecule has 3 atom stereocenters. The first-order valence-electron chi connectivity index (χ1n) is 18.6. The van der Waals surface area contributed by atoms with Crippen LogP contribution < -0.4 is 16.0 Å². The molecule has 3 saturated heterocycles. The van der Waals surface area contributed by atoms with Crippen molar-refractivity contribution in [1.29, 1.82) is 0 Å². The van der Waals surface area contributed by atoms with Gasteiger partial charge in [0.1, 0.15) is 5.82 Å². The number of ether oxygens (including phenoxy) is 1. The van der Waals surface area contributed by atoms with Gasteiger partial charge in [-0.3, -0.25) is 4.79 Å². The fourth-order valence-electron chi connectivity index (χ4n) is 9.40. The Morgan fingerprint density at radius 1 is 0.885 bits per heavy atom. The van der Waals surface area contributed by atoms with Gasteiger partial charge in [-0.1, -0.05) is 18.6 Å². The van der Waals surface area contributed by atoms with Gasteiger partial charge < -0.3 is 30.5 Å². The Morgan fingerprint density at radius 3 is 2.15 bits per heavy atom. The van der Waals surface area contributed by atoms with Crippen LogP contribution in [0.1, 0.15) is 54.4 Å². The molecule has 1 aliphatic carbocycles. The van der Waals surface area contributed by atoms with E-state index in [0.29, 0.717) is 11.8 Å². The predicted molar refractivity (Wildman–Crippen MR) is 198 cm³/mol. The largest absolute Gasteiger partial charge is 0.453 e. The Labute approximate surface area is 306 Å². The first-order valence-corrected chi connectivity index (χ1v) is 20.1. The fraction of sp³-hybridized carbons (Fsp3) is 0.500. The molecule has 4 aliphatic rings. The Morgan fingerprint density at radius 2 is 1.56 bits per heavy atom. The number of carbonyl (C=O) groups is 2. The molecule has 3 heterocycles. The lowest BCUT2D eigenvalue weighted by Crippen LogP contribution is -2.60. The summed E-state index contributed by atoms with van der Waals surface area (Å²) in [4.78, 5) is 31.6. The molecule has 0 radical (unpaired) electrons. The average molecular weight is 732 g/mol. The molecule has 7 rings (SSSR count). The fourth-order valence-corrected chi connectivity index (χ4v) is 10.7. The second-order valence-electron chi connectivity index (χ2n) is 15.2. The molecule has 1 saturated carbocycles. The maximum absolute atomic E-state index is 15.0. The van der Waals surface area contributed by atoms with Crippen molar-refractivity contribution in [3.8, 4) is 0 Å². The number of nitrogens with two attached hydrogens (primary N) is 1. The van der Waals surface area contributed by atoms with Gasteiger partial charge in [0.2, 0.25) is 15.7 Å². The van der Waals surface area contributed by atoms with Gasteiger partial charge in [0.15, 0.2) is 0 Å². The second kappa shape index (κ2) is 15.2. The number of anilines is 1. The van der Waals surface area contributed by atoms with Gasteiger partial charge in [0, 0.05) is 54.8 Å². The molecule has 0 bridgehead atoms. The highest BCUT2D eigenvalue weighted by atomic mass is 32.2. The van der Waals surface area contributed by atoms with Crippen molar-refractivity contribution in [3.05, 3.63) is 89.7 Å². The minimum atomic E-state index is -3.72. The van der Waals surface area contributed by atoms with Crippen molar-refractivity contribution in [3.63, 3.8) is 0 Å². The smallest absolute Gasteiger partial charge is 0.407 e. The van der Waals surface area contributed by atoms with Gasteiger partial charge in [-0.25, -0.2) is 17.6 Å². The number of carbonyl (C=O) groups excluding carboxylic acids is 2. The van der Waals surface area contributed by atoms with Crippen LogP contribution in [0.2, 0.25) is 0 Å². The maximum atomic E-state index is 15.0. The van der Waals surface area contributed by atoms with Crippen LogP contribution >= 0.6 is 0 Å². The minimum Gasteiger partial charge on any atom is -0.453 e. The van der Waals surface area contributed by atoms with Crippen molar-refractivity contribution in [2.75, 3.05) is 64.4 Å². The molecule has 3 N–H and O–H groups in total. The van der Waals surface area contributed by atoms with E-state index in [0.717, 1.165) is 95.7 Å². The highest BCUT2D eigenvalue weighted by Gasteiger charge is 2.53. The molecule has 12 heteroatoms. The maximum Gasteiger partial charge on any atom is 0.407 e. The molecule has 2 amide bonds. The van der Waals surface area contributed by atoms with Crippen LogP contribution in [0.15, 0.2) is 82.6 Å². The summed E-state index contributed by atoms with van der Waals surface area (Å²) in [7, 11) is -2.31. The van der Waals surface area contributed by atoms with E-state index < -0.39 is 21.8 Å². The van der Waals surface area contributed by atoms with Crippen LogP contribution in [0.25, 0.3) is 0 Å². The SMILES string of the molecule is COC(=O)N[C@H]1CCC[C@@H]1[C@](CN1CCC1)(c1cccc(F)c1)C1CCN(CC2CN(c3ccc(S(=O)(=O)c4ccc(C(N)=O)cc4)cc3)C2)CC1. The molecular formula is C40H50FN5O5S. The third-order valence-electron chi connectivity index (χ3n) is 12.2. The Balaban J connectivity index is 0.997. The van der Waals surface area contributed by atoms with Crippen molar-refractivity contribution in [2.24, 2.45) is 23.5 Å². The first kappa shape index (κ1) is 36.4. The molecular weight excluding hydrogens is 682 g/mol. The summed E-state index contributed by atoms with van der Waals surface area (Å²) in [5, 5.41) is 3.17. The number of amides is 2. The highest BCUT2D eigenvalue weighted by Crippen LogP contribution is 2.51. The molecule has 10 nitrogen and oxygen atoms in total. The zero-order valence-electron chi connectivity index (χ0n) is 29.9. The third kappa shape index (κ3) is 7.30. The van der Waals surface area contributed by atoms with Crippen LogP contribution in [-0.4, -0.2) is 95.7 Å². The number of piperidine rings is 1. The van der Waals surface area contributed by atoms with Crippen LogP contribution in [0, 0.1) is 23.6 Å². The summed E-state index contributed by atoms with van der Waals surface area (Å²) in [6.07, 6.45) is 5.74.